The van der Waals surface area contributed by atoms with Crippen LogP contribution in [0.1, 0.15) is 22.3 Å². The van der Waals surface area contributed by atoms with E-state index in [-0.39, 0.29) is 40.4 Å². The van der Waals surface area contributed by atoms with Crippen molar-refractivity contribution in [2.75, 3.05) is 21.3 Å². The Hall–Kier alpha value is -4.16. The number of alkyl halides is 3. The van der Waals surface area contributed by atoms with Crippen LogP contribution >= 0.6 is 11.7 Å². The van der Waals surface area contributed by atoms with Gasteiger partial charge in [0.2, 0.25) is 5.75 Å². The van der Waals surface area contributed by atoms with E-state index in [1.807, 2.05) is 0 Å². The number of carbonyl (C=O) groups is 1. The van der Waals surface area contributed by atoms with Crippen LogP contribution in [0.2, 0.25) is 0 Å². The summed E-state index contributed by atoms with van der Waals surface area (Å²) >= 11 is 1.01. The van der Waals surface area contributed by atoms with Gasteiger partial charge >= 0.3 is 12.1 Å². The molecule has 1 N–H and O–H groups in total. The lowest BCUT2D eigenvalue weighted by Crippen LogP contribution is -2.30. The summed E-state index contributed by atoms with van der Waals surface area (Å²) in [4.78, 5) is 13.3. The highest BCUT2D eigenvalue weighted by molar-refractivity contribution is 7.00. The number of fused-ring (bicyclic) bond motifs is 1. The van der Waals surface area contributed by atoms with E-state index < -0.39 is 23.5 Å². The monoisotopic (exact) mass is 558 g/mol. The van der Waals surface area contributed by atoms with E-state index in [0.717, 1.165) is 23.9 Å². The number of halogens is 3. The van der Waals surface area contributed by atoms with E-state index >= 15 is 0 Å². The lowest BCUT2D eigenvalue weighted by molar-refractivity contribution is -0.185. The summed E-state index contributed by atoms with van der Waals surface area (Å²) in [5, 5.41) is 12.0. The number of methoxy groups -OCH3 is 3. The zero-order valence-electron chi connectivity index (χ0n) is 20.8. The standard InChI is InChI=1S/C27H21F3N2O6S/c1-35-21-12-17(13-22(36-2)24(21)37-3)26(34)18(10-14-4-7-16(8-5-14)27(28,29)30)23(25(33)38-26)15-6-9-19-20(11-15)32-39-31-19/h4-9,11-13,34H,10H2,1-3H3. The van der Waals surface area contributed by atoms with Gasteiger partial charge in [0, 0.05) is 17.6 Å². The smallest absolute Gasteiger partial charge is 0.416 e. The maximum atomic E-state index is 13.3. The molecule has 0 spiro atoms. The molecule has 0 bridgehead atoms. The Balaban J connectivity index is 1.70. The summed E-state index contributed by atoms with van der Waals surface area (Å²) < 4.78 is 69.6. The van der Waals surface area contributed by atoms with Gasteiger partial charge in [-0.05, 0) is 47.5 Å². The van der Waals surface area contributed by atoms with Crippen LogP contribution in [-0.4, -0.2) is 41.2 Å². The Labute approximate surface area is 224 Å². The van der Waals surface area contributed by atoms with Gasteiger partial charge in [0.15, 0.2) is 11.5 Å². The minimum atomic E-state index is -4.51. The normalized spacial score (nSPS) is 17.5. The van der Waals surface area contributed by atoms with E-state index in [1.54, 1.807) is 18.2 Å². The molecule has 5 rings (SSSR count). The SMILES string of the molecule is COc1cc(C2(O)OC(=O)C(c3ccc4nsnc4c3)=C2Cc2ccc(C(F)(F)F)cc2)cc(OC)c1OC. The minimum Gasteiger partial charge on any atom is -0.493 e. The van der Waals surface area contributed by atoms with Crippen LogP contribution in [0.25, 0.3) is 16.6 Å². The van der Waals surface area contributed by atoms with Crippen molar-refractivity contribution in [3.8, 4) is 17.2 Å². The van der Waals surface area contributed by atoms with E-state index in [2.05, 4.69) is 8.75 Å². The first-order valence-corrected chi connectivity index (χ1v) is 12.2. The number of carbonyl (C=O) groups excluding carboxylic acids is 1. The highest BCUT2D eigenvalue weighted by Gasteiger charge is 2.49. The molecule has 12 heteroatoms. The summed E-state index contributed by atoms with van der Waals surface area (Å²) in [7, 11) is 4.21. The van der Waals surface area contributed by atoms with E-state index in [1.165, 1.54) is 45.6 Å². The Morgan fingerprint density at radius 2 is 1.56 bits per heavy atom. The number of ether oxygens (including phenoxy) is 4. The van der Waals surface area contributed by atoms with Crippen LogP contribution < -0.4 is 14.2 Å². The molecule has 0 amide bonds. The molecule has 0 aliphatic carbocycles. The highest BCUT2D eigenvalue weighted by atomic mass is 32.1. The Kier molecular flexibility index (Phi) is 6.69. The maximum absolute atomic E-state index is 13.3. The lowest BCUT2D eigenvalue weighted by atomic mass is 9.87. The van der Waals surface area contributed by atoms with E-state index in [9.17, 15) is 23.1 Å². The van der Waals surface area contributed by atoms with Crippen molar-refractivity contribution in [3.05, 3.63) is 82.4 Å². The summed E-state index contributed by atoms with van der Waals surface area (Å²) in [6, 6.07) is 12.3. The number of rotatable bonds is 7. The van der Waals surface area contributed by atoms with Crippen LogP contribution in [0, 0.1) is 0 Å². The first-order valence-electron chi connectivity index (χ1n) is 11.5. The third-order valence-corrected chi connectivity index (χ3v) is 6.97. The van der Waals surface area contributed by atoms with Crippen LogP contribution in [0.3, 0.4) is 0 Å². The topological polar surface area (TPSA) is 100 Å². The predicted molar refractivity (Wildman–Crippen MR) is 136 cm³/mol. The number of aliphatic hydroxyl groups is 1. The molecule has 1 aliphatic rings. The minimum absolute atomic E-state index is 0.0565. The Bertz CT molecular complexity index is 1570. The first-order chi connectivity index (χ1) is 18.6. The third-order valence-electron chi connectivity index (χ3n) is 6.42. The Morgan fingerprint density at radius 3 is 2.15 bits per heavy atom. The number of cyclic esters (lactones) is 1. The van der Waals surface area contributed by atoms with Gasteiger partial charge in [-0.15, -0.1) is 0 Å². The van der Waals surface area contributed by atoms with Crippen LogP contribution in [-0.2, 0) is 27.9 Å². The van der Waals surface area contributed by atoms with Crippen LogP contribution in [0.4, 0.5) is 13.2 Å². The van der Waals surface area contributed by atoms with E-state index in [0.29, 0.717) is 22.2 Å². The molecule has 0 saturated heterocycles. The quantitative estimate of drug-likeness (QED) is 0.312. The average Bonchev–Trinajstić information content (AvgIpc) is 3.49. The zero-order valence-corrected chi connectivity index (χ0v) is 21.6. The van der Waals surface area contributed by atoms with Gasteiger partial charge in [-0.1, -0.05) is 18.2 Å². The van der Waals surface area contributed by atoms with Gasteiger partial charge in [-0.3, -0.25) is 0 Å². The summed E-state index contributed by atoms with van der Waals surface area (Å²) in [6.07, 6.45) is -4.62. The molecule has 1 unspecified atom stereocenters. The number of hydrogen-bond donors (Lipinski definition) is 1. The molecule has 0 fully saturated rings. The fourth-order valence-corrected chi connectivity index (χ4v) is 5.02. The van der Waals surface area contributed by atoms with Crippen molar-refractivity contribution in [1.82, 2.24) is 8.75 Å². The molecule has 2 heterocycles. The number of aromatic nitrogens is 2. The van der Waals surface area contributed by atoms with Crippen LogP contribution in [0.5, 0.6) is 17.2 Å². The third kappa shape index (κ3) is 4.66. The van der Waals surface area contributed by atoms with Crippen LogP contribution in [0.15, 0.2) is 60.2 Å². The second-order valence-electron chi connectivity index (χ2n) is 8.64. The van der Waals surface area contributed by atoms with Crippen molar-refractivity contribution in [2.24, 2.45) is 0 Å². The molecule has 1 aliphatic heterocycles. The molecule has 39 heavy (non-hydrogen) atoms. The average molecular weight is 559 g/mol. The molecule has 202 valence electrons. The van der Waals surface area contributed by atoms with Crippen molar-refractivity contribution >= 4 is 34.3 Å². The maximum Gasteiger partial charge on any atom is 0.416 e. The molecule has 3 aromatic carbocycles. The van der Waals surface area contributed by atoms with Gasteiger partial charge in [0.25, 0.3) is 5.79 Å². The predicted octanol–water partition coefficient (Wildman–Crippen LogP) is 5.13. The zero-order chi connectivity index (χ0) is 27.9. The number of benzene rings is 3. The second kappa shape index (κ2) is 9.86. The molecule has 1 atom stereocenters. The molecular formula is C27H21F3N2O6S. The second-order valence-corrected chi connectivity index (χ2v) is 9.17. The fourth-order valence-electron chi connectivity index (χ4n) is 4.50. The number of nitrogens with zero attached hydrogens (tertiary/aromatic N) is 2. The molecule has 4 aromatic rings. The first kappa shape index (κ1) is 26.4. The Morgan fingerprint density at radius 1 is 0.923 bits per heavy atom. The molecule has 1 aromatic heterocycles. The molecule has 0 saturated carbocycles. The van der Waals surface area contributed by atoms with Crippen molar-refractivity contribution in [3.63, 3.8) is 0 Å². The fraction of sp³-hybridized carbons (Fsp3) is 0.222. The lowest BCUT2D eigenvalue weighted by Gasteiger charge is -2.27. The van der Waals surface area contributed by atoms with Gasteiger partial charge < -0.3 is 24.1 Å². The van der Waals surface area contributed by atoms with E-state index in [4.69, 9.17) is 18.9 Å². The van der Waals surface area contributed by atoms with Crippen molar-refractivity contribution in [1.29, 1.82) is 0 Å². The molecule has 0 radical (unpaired) electrons. The number of esters is 1. The van der Waals surface area contributed by atoms with Gasteiger partial charge in [0.1, 0.15) is 11.0 Å². The molecular weight excluding hydrogens is 537 g/mol. The summed E-state index contributed by atoms with van der Waals surface area (Å²) in [5.41, 5.74) is 1.43. The van der Waals surface area contributed by atoms with Gasteiger partial charge in [-0.2, -0.15) is 21.9 Å². The molecule has 8 nitrogen and oxygen atoms in total. The summed E-state index contributed by atoms with van der Waals surface area (Å²) in [6.45, 7) is 0. The summed E-state index contributed by atoms with van der Waals surface area (Å²) in [5.74, 6) is -2.47. The van der Waals surface area contributed by atoms with Crippen molar-refractivity contribution in [2.45, 2.75) is 18.4 Å². The largest absolute Gasteiger partial charge is 0.493 e. The van der Waals surface area contributed by atoms with Gasteiger partial charge in [-0.25, -0.2) is 4.79 Å². The number of hydrogen-bond acceptors (Lipinski definition) is 9. The van der Waals surface area contributed by atoms with Crippen molar-refractivity contribution < 1.29 is 42.0 Å². The van der Waals surface area contributed by atoms with Gasteiger partial charge in [0.05, 0.1) is 44.2 Å². The highest BCUT2D eigenvalue weighted by Crippen LogP contribution is 2.49.